The van der Waals surface area contributed by atoms with Crippen LogP contribution >= 0.6 is 15.9 Å². The monoisotopic (exact) mass is 292 g/mol. The van der Waals surface area contributed by atoms with Crippen LogP contribution in [0.3, 0.4) is 0 Å². The van der Waals surface area contributed by atoms with Gasteiger partial charge in [-0.15, -0.1) is 0 Å². The number of ether oxygens (including phenoxy) is 1. The van der Waals surface area contributed by atoms with Gasteiger partial charge in [0.05, 0.1) is 10.4 Å². The Kier molecular flexibility index (Phi) is 4.41. The summed E-state index contributed by atoms with van der Waals surface area (Å²) in [5.41, 5.74) is 0.989. The Morgan fingerprint density at radius 2 is 2.06 bits per heavy atom. The highest BCUT2D eigenvalue weighted by Gasteiger charge is 2.19. The van der Waals surface area contributed by atoms with Crippen LogP contribution in [0.1, 0.15) is 22.8 Å². The summed E-state index contributed by atoms with van der Waals surface area (Å²) >= 11 is 3.11. The molecular weight excluding hydrogens is 282 g/mol. The number of hydrogen-bond donors (Lipinski definition) is 0. The second-order valence-electron chi connectivity index (χ2n) is 3.36. The zero-order valence-electron chi connectivity index (χ0n) is 8.84. The van der Waals surface area contributed by atoms with Crippen LogP contribution in [0, 0.1) is 6.92 Å². The van der Waals surface area contributed by atoms with E-state index < -0.39 is 11.4 Å². The van der Waals surface area contributed by atoms with Crippen LogP contribution in [0.2, 0.25) is 0 Å². The predicted octanol–water partition coefficient (Wildman–Crippen LogP) is 3.56. The van der Waals surface area contributed by atoms with Gasteiger partial charge in [0.1, 0.15) is 5.75 Å². The van der Waals surface area contributed by atoms with Gasteiger partial charge in [-0.3, -0.25) is 4.79 Å². The van der Waals surface area contributed by atoms with Crippen molar-refractivity contribution in [1.29, 1.82) is 0 Å². The summed E-state index contributed by atoms with van der Waals surface area (Å²) in [6.45, 7) is 0.485. The first-order chi connectivity index (χ1) is 7.41. The second kappa shape index (κ2) is 5.39. The van der Waals surface area contributed by atoms with E-state index in [0.29, 0.717) is 0 Å². The molecular formula is C11H11BrF2O2. The summed E-state index contributed by atoms with van der Waals surface area (Å²) < 4.78 is 28.5. The molecule has 0 heterocycles. The van der Waals surface area contributed by atoms with Crippen LogP contribution in [0.4, 0.5) is 8.78 Å². The van der Waals surface area contributed by atoms with E-state index >= 15 is 0 Å². The molecule has 5 heteroatoms. The molecule has 0 N–H and O–H groups in total. The molecule has 0 aromatic heterocycles. The summed E-state index contributed by atoms with van der Waals surface area (Å²) in [7, 11) is 0. The van der Waals surface area contributed by atoms with Crippen LogP contribution in [0.5, 0.6) is 5.75 Å². The standard InChI is InChI=1S/C11H11BrF2O2/c1-6-3-4-9(16-11(13)14)8(5-6)10(15)7(2)12/h3-5,7,11H,1-2H3. The Bertz CT molecular complexity index is 392. The molecule has 0 amide bonds. The number of ketones is 1. The maximum absolute atomic E-state index is 12.1. The van der Waals surface area contributed by atoms with Crippen LogP contribution in [-0.2, 0) is 0 Å². The van der Waals surface area contributed by atoms with Crippen molar-refractivity contribution in [3.63, 3.8) is 0 Å². The first-order valence-electron chi connectivity index (χ1n) is 4.65. The fraction of sp³-hybridized carbons (Fsp3) is 0.364. The predicted molar refractivity (Wildman–Crippen MR) is 60.5 cm³/mol. The Morgan fingerprint density at radius 3 is 2.56 bits per heavy atom. The Morgan fingerprint density at radius 1 is 1.44 bits per heavy atom. The van der Waals surface area contributed by atoms with E-state index in [1.54, 1.807) is 19.9 Å². The summed E-state index contributed by atoms with van der Waals surface area (Å²) in [5.74, 6) is -0.365. The van der Waals surface area contributed by atoms with Crippen molar-refractivity contribution in [2.45, 2.75) is 25.3 Å². The maximum Gasteiger partial charge on any atom is 0.387 e. The molecule has 0 aliphatic carbocycles. The summed E-state index contributed by atoms with van der Waals surface area (Å²) in [6, 6.07) is 4.54. The molecule has 1 aromatic carbocycles. The highest BCUT2D eigenvalue weighted by molar-refractivity contribution is 9.10. The molecule has 0 radical (unpaired) electrons. The fourth-order valence-corrected chi connectivity index (χ4v) is 1.50. The molecule has 88 valence electrons. The minimum Gasteiger partial charge on any atom is -0.434 e. The van der Waals surface area contributed by atoms with Crippen molar-refractivity contribution in [3.05, 3.63) is 29.3 Å². The lowest BCUT2D eigenvalue weighted by Gasteiger charge is -2.11. The number of carbonyl (C=O) groups excluding carboxylic acids is 1. The van der Waals surface area contributed by atoms with Gasteiger partial charge in [0.2, 0.25) is 0 Å². The number of hydrogen-bond acceptors (Lipinski definition) is 2. The molecule has 0 saturated carbocycles. The van der Waals surface area contributed by atoms with E-state index in [0.717, 1.165) is 5.56 Å². The minimum absolute atomic E-state index is 0.0862. The summed E-state index contributed by atoms with van der Waals surface area (Å²) in [5, 5.41) is 0. The molecule has 0 saturated heterocycles. The largest absolute Gasteiger partial charge is 0.434 e. The lowest BCUT2D eigenvalue weighted by atomic mass is 10.1. The van der Waals surface area contributed by atoms with E-state index in [2.05, 4.69) is 20.7 Å². The van der Waals surface area contributed by atoms with Gasteiger partial charge in [0.25, 0.3) is 0 Å². The molecule has 16 heavy (non-hydrogen) atoms. The molecule has 1 atom stereocenters. The van der Waals surface area contributed by atoms with E-state index in [1.165, 1.54) is 12.1 Å². The SMILES string of the molecule is Cc1ccc(OC(F)F)c(C(=O)C(C)Br)c1. The number of benzene rings is 1. The number of carbonyl (C=O) groups is 1. The molecule has 1 unspecified atom stereocenters. The highest BCUT2D eigenvalue weighted by Crippen LogP contribution is 2.24. The van der Waals surface area contributed by atoms with Gasteiger partial charge in [-0.05, 0) is 26.0 Å². The maximum atomic E-state index is 12.1. The van der Waals surface area contributed by atoms with E-state index in [1.807, 2.05) is 0 Å². The van der Waals surface area contributed by atoms with Gasteiger partial charge in [-0.25, -0.2) is 0 Å². The number of alkyl halides is 3. The molecule has 2 nitrogen and oxygen atoms in total. The van der Waals surface area contributed by atoms with Crippen molar-refractivity contribution in [1.82, 2.24) is 0 Å². The van der Waals surface area contributed by atoms with Gasteiger partial charge >= 0.3 is 6.61 Å². The van der Waals surface area contributed by atoms with Gasteiger partial charge in [0, 0.05) is 0 Å². The zero-order chi connectivity index (χ0) is 12.3. The van der Waals surface area contributed by atoms with Crippen LogP contribution in [0.15, 0.2) is 18.2 Å². The molecule has 0 bridgehead atoms. The number of aryl methyl sites for hydroxylation is 1. The first kappa shape index (κ1) is 13.1. The third kappa shape index (κ3) is 3.27. The van der Waals surface area contributed by atoms with Gasteiger partial charge < -0.3 is 4.74 Å². The van der Waals surface area contributed by atoms with E-state index in [9.17, 15) is 13.6 Å². The smallest absolute Gasteiger partial charge is 0.387 e. The molecule has 0 spiro atoms. The van der Waals surface area contributed by atoms with Gasteiger partial charge in [-0.1, -0.05) is 27.6 Å². The Labute approximate surface area is 101 Å². The Balaban J connectivity index is 3.12. The highest BCUT2D eigenvalue weighted by atomic mass is 79.9. The third-order valence-corrected chi connectivity index (χ3v) is 2.39. The van der Waals surface area contributed by atoms with Crippen LogP contribution in [-0.4, -0.2) is 17.2 Å². The van der Waals surface area contributed by atoms with Crippen molar-refractivity contribution in [3.8, 4) is 5.75 Å². The zero-order valence-corrected chi connectivity index (χ0v) is 10.4. The van der Waals surface area contributed by atoms with Crippen molar-refractivity contribution < 1.29 is 18.3 Å². The number of rotatable bonds is 4. The quantitative estimate of drug-likeness (QED) is 0.626. The topological polar surface area (TPSA) is 26.3 Å². The molecule has 0 fully saturated rings. The summed E-state index contributed by atoms with van der Waals surface area (Å²) in [6.07, 6.45) is 0. The number of halogens is 3. The average Bonchev–Trinajstić information content (AvgIpc) is 2.18. The van der Waals surface area contributed by atoms with E-state index in [-0.39, 0.29) is 17.1 Å². The molecule has 0 aliphatic rings. The molecule has 0 aliphatic heterocycles. The lowest BCUT2D eigenvalue weighted by molar-refractivity contribution is -0.0501. The van der Waals surface area contributed by atoms with Crippen molar-refractivity contribution >= 4 is 21.7 Å². The van der Waals surface area contributed by atoms with Crippen LogP contribution < -0.4 is 4.74 Å². The fourth-order valence-electron chi connectivity index (χ4n) is 1.25. The van der Waals surface area contributed by atoms with Crippen LogP contribution in [0.25, 0.3) is 0 Å². The van der Waals surface area contributed by atoms with Crippen molar-refractivity contribution in [2.75, 3.05) is 0 Å². The molecule has 1 aromatic rings. The third-order valence-electron chi connectivity index (χ3n) is 1.98. The van der Waals surface area contributed by atoms with Crippen molar-refractivity contribution in [2.24, 2.45) is 0 Å². The van der Waals surface area contributed by atoms with E-state index in [4.69, 9.17) is 0 Å². The van der Waals surface area contributed by atoms with Gasteiger partial charge in [0.15, 0.2) is 5.78 Å². The number of Topliss-reactive ketones (excluding diaryl/α,β-unsaturated/α-hetero) is 1. The Hall–Kier alpha value is -0.970. The average molecular weight is 293 g/mol. The molecule has 1 rings (SSSR count). The lowest BCUT2D eigenvalue weighted by Crippen LogP contribution is -2.14. The second-order valence-corrected chi connectivity index (χ2v) is 4.73. The normalized spacial score (nSPS) is 12.6. The first-order valence-corrected chi connectivity index (χ1v) is 5.57. The summed E-state index contributed by atoms with van der Waals surface area (Å²) in [4.78, 5) is 11.3. The minimum atomic E-state index is -2.93. The van der Waals surface area contributed by atoms with Gasteiger partial charge in [-0.2, -0.15) is 8.78 Å².